The number of ether oxygens (including phenoxy) is 1. The third kappa shape index (κ3) is 4.82. The number of methoxy groups -OCH3 is 1. The van der Waals surface area contributed by atoms with Crippen molar-refractivity contribution in [1.29, 1.82) is 5.41 Å². The third-order valence-corrected chi connectivity index (χ3v) is 4.19. The number of pyridine rings is 1. The first-order valence-electron chi connectivity index (χ1n) is 8.95. The summed E-state index contributed by atoms with van der Waals surface area (Å²) < 4.78 is 18.4. The second-order valence-electron chi connectivity index (χ2n) is 6.14. The number of hydrazine groups is 1. The van der Waals surface area contributed by atoms with Crippen LogP contribution in [0.3, 0.4) is 0 Å². The van der Waals surface area contributed by atoms with E-state index in [1.54, 1.807) is 30.3 Å². The van der Waals surface area contributed by atoms with Crippen molar-refractivity contribution in [3.63, 3.8) is 0 Å². The van der Waals surface area contributed by atoms with Crippen LogP contribution in [0.15, 0.2) is 42.6 Å². The van der Waals surface area contributed by atoms with Crippen LogP contribution in [-0.2, 0) is 11.3 Å². The number of anilines is 4. The van der Waals surface area contributed by atoms with E-state index in [0.29, 0.717) is 16.9 Å². The molecule has 1 amide bonds. The van der Waals surface area contributed by atoms with Crippen LogP contribution in [0.5, 0.6) is 0 Å². The van der Waals surface area contributed by atoms with E-state index in [1.165, 1.54) is 19.4 Å². The van der Waals surface area contributed by atoms with E-state index in [1.807, 2.05) is 0 Å². The number of carbonyl (C=O) groups is 1. The van der Waals surface area contributed by atoms with E-state index in [4.69, 9.17) is 17.0 Å². The Labute approximate surface area is 176 Å². The van der Waals surface area contributed by atoms with Crippen LogP contribution in [-0.4, -0.2) is 33.9 Å². The van der Waals surface area contributed by atoms with E-state index < -0.39 is 6.09 Å². The highest BCUT2D eigenvalue weighted by atomic mass is 19.1. The van der Waals surface area contributed by atoms with E-state index in [2.05, 4.69) is 35.7 Å². The van der Waals surface area contributed by atoms with Gasteiger partial charge in [-0.05, 0) is 18.2 Å². The molecule has 0 saturated heterocycles. The molecule has 0 fully saturated rings. The van der Waals surface area contributed by atoms with Gasteiger partial charge in [0.05, 0.1) is 7.11 Å². The number of halogens is 1. The molecule has 0 saturated carbocycles. The van der Waals surface area contributed by atoms with Crippen LogP contribution in [0.2, 0.25) is 0 Å². The lowest BCUT2D eigenvalue weighted by Gasteiger charge is -2.15. The molecule has 3 rings (SSSR count). The molecule has 11 nitrogen and oxygen atoms in total. The lowest BCUT2D eigenvalue weighted by Crippen LogP contribution is -2.21. The van der Waals surface area contributed by atoms with E-state index in [0.717, 1.165) is 0 Å². The smallest absolute Gasteiger partial charge is 0.411 e. The van der Waals surface area contributed by atoms with Crippen molar-refractivity contribution in [1.82, 2.24) is 15.0 Å². The molecule has 0 spiro atoms. The van der Waals surface area contributed by atoms with Crippen LogP contribution in [0.25, 0.3) is 0 Å². The van der Waals surface area contributed by atoms with Gasteiger partial charge in [0, 0.05) is 23.9 Å². The number of nitrogens with one attached hydrogen (secondary N) is 4. The fourth-order valence-electron chi connectivity index (χ4n) is 2.66. The molecular formula is C19H20FN9O2. The van der Waals surface area contributed by atoms with Gasteiger partial charge in [0.25, 0.3) is 0 Å². The molecule has 31 heavy (non-hydrogen) atoms. The van der Waals surface area contributed by atoms with Crippen molar-refractivity contribution in [2.24, 2.45) is 5.84 Å². The maximum absolute atomic E-state index is 13.9. The lowest BCUT2D eigenvalue weighted by molar-refractivity contribution is 0.187. The quantitative estimate of drug-likeness (QED) is 0.188. The average molecular weight is 425 g/mol. The number of benzene rings is 1. The number of nitrogen functional groups attached to an aromatic ring is 2. The van der Waals surface area contributed by atoms with Gasteiger partial charge in [-0.15, -0.1) is 0 Å². The van der Waals surface area contributed by atoms with Crippen molar-refractivity contribution < 1.29 is 13.9 Å². The molecule has 0 radical (unpaired) electrons. The van der Waals surface area contributed by atoms with Crippen LogP contribution in [0, 0.1) is 11.2 Å². The molecule has 8 N–H and O–H groups in total. The summed E-state index contributed by atoms with van der Waals surface area (Å²) in [5, 5.41) is 13.9. The number of hydrogen-bond acceptors (Lipinski definition) is 10. The fraction of sp³-hybridized carbons (Fsp3) is 0.105. The number of carbonyl (C=O) groups excluding carboxylic acids is 1. The zero-order valence-electron chi connectivity index (χ0n) is 16.4. The Kier molecular flexibility index (Phi) is 6.52. The minimum absolute atomic E-state index is 0.00925. The zero-order chi connectivity index (χ0) is 22.4. The fourth-order valence-corrected chi connectivity index (χ4v) is 2.66. The third-order valence-electron chi connectivity index (χ3n) is 4.19. The van der Waals surface area contributed by atoms with Crippen molar-refractivity contribution in [2.45, 2.75) is 6.54 Å². The topological polar surface area (TPSA) is 177 Å². The van der Waals surface area contributed by atoms with Crippen molar-refractivity contribution >= 4 is 34.9 Å². The zero-order valence-corrected chi connectivity index (χ0v) is 16.4. The SMILES string of the molecule is COC(=O)Nc1c(N)nc(C(=N)c2cccnc2NCc2ccccc2F)nc1NN. The van der Waals surface area contributed by atoms with E-state index >= 15 is 0 Å². The second kappa shape index (κ2) is 9.45. The van der Waals surface area contributed by atoms with Crippen LogP contribution < -0.4 is 27.6 Å². The highest BCUT2D eigenvalue weighted by Crippen LogP contribution is 2.26. The first-order chi connectivity index (χ1) is 14.9. The van der Waals surface area contributed by atoms with Gasteiger partial charge in [0.2, 0.25) is 0 Å². The minimum Gasteiger partial charge on any atom is -0.453 e. The molecule has 2 heterocycles. The number of amides is 1. The Bertz CT molecular complexity index is 1120. The molecule has 1 aromatic carbocycles. The van der Waals surface area contributed by atoms with Gasteiger partial charge >= 0.3 is 6.09 Å². The molecule has 2 aromatic heterocycles. The summed E-state index contributed by atoms with van der Waals surface area (Å²) in [7, 11) is 1.18. The maximum atomic E-state index is 13.9. The summed E-state index contributed by atoms with van der Waals surface area (Å²) in [6.07, 6.45) is 0.743. The number of nitrogens with two attached hydrogens (primary N) is 2. The Morgan fingerprint density at radius 1 is 1.19 bits per heavy atom. The molecule has 12 heteroatoms. The molecule has 160 valence electrons. The van der Waals surface area contributed by atoms with Gasteiger partial charge in [-0.3, -0.25) is 10.7 Å². The van der Waals surface area contributed by atoms with Gasteiger partial charge in [-0.1, -0.05) is 18.2 Å². The normalized spacial score (nSPS) is 10.3. The lowest BCUT2D eigenvalue weighted by atomic mass is 10.1. The molecule has 0 aliphatic rings. The highest BCUT2D eigenvalue weighted by molar-refractivity contribution is 6.12. The van der Waals surface area contributed by atoms with Gasteiger partial charge in [-0.25, -0.2) is 30.0 Å². The Morgan fingerprint density at radius 3 is 2.68 bits per heavy atom. The highest BCUT2D eigenvalue weighted by Gasteiger charge is 2.20. The average Bonchev–Trinajstić information content (AvgIpc) is 2.79. The molecule has 0 unspecified atom stereocenters. The summed E-state index contributed by atoms with van der Waals surface area (Å²) in [6.45, 7) is 0.157. The summed E-state index contributed by atoms with van der Waals surface area (Å²) in [5.41, 5.74) is 8.92. The largest absolute Gasteiger partial charge is 0.453 e. The summed E-state index contributed by atoms with van der Waals surface area (Å²) in [4.78, 5) is 24.0. The van der Waals surface area contributed by atoms with Crippen LogP contribution in [0.4, 0.5) is 32.3 Å². The molecule has 0 aliphatic heterocycles. The second-order valence-corrected chi connectivity index (χ2v) is 6.14. The predicted octanol–water partition coefficient (Wildman–Crippen LogP) is 2.09. The number of nitrogens with zero attached hydrogens (tertiary/aromatic N) is 3. The molecule has 0 atom stereocenters. The van der Waals surface area contributed by atoms with E-state index in [9.17, 15) is 9.18 Å². The monoisotopic (exact) mass is 425 g/mol. The van der Waals surface area contributed by atoms with Crippen molar-refractivity contribution in [3.05, 3.63) is 65.4 Å². The van der Waals surface area contributed by atoms with Crippen molar-refractivity contribution in [3.8, 4) is 0 Å². The molecule has 0 aliphatic carbocycles. The molecular weight excluding hydrogens is 405 g/mol. The Hall–Kier alpha value is -4.32. The van der Waals surface area contributed by atoms with Gasteiger partial charge < -0.3 is 21.2 Å². The molecule has 3 aromatic rings. The first-order valence-corrected chi connectivity index (χ1v) is 8.95. The Morgan fingerprint density at radius 2 is 1.97 bits per heavy atom. The van der Waals surface area contributed by atoms with Crippen molar-refractivity contribution in [2.75, 3.05) is 28.9 Å². The minimum atomic E-state index is -0.790. The number of hydrogen-bond donors (Lipinski definition) is 6. The predicted molar refractivity (Wildman–Crippen MR) is 114 cm³/mol. The van der Waals surface area contributed by atoms with Gasteiger partial charge in [0.15, 0.2) is 17.5 Å². The Balaban J connectivity index is 1.90. The van der Waals surface area contributed by atoms with Gasteiger partial charge in [-0.2, -0.15) is 0 Å². The first kappa shape index (κ1) is 21.4. The maximum Gasteiger partial charge on any atom is 0.411 e. The van der Waals surface area contributed by atoms with Crippen LogP contribution in [0.1, 0.15) is 17.0 Å². The summed E-state index contributed by atoms with van der Waals surface area (Å²) in [5.74, 6) is 5.25. The number of aromatic nitrogens is 3. The summed E-state index contributed by atoms with van der Waals surface area (Å²) >= 11 is 0. The summed E-state index contributed by atoms with van der Waals surface area (Å²) in [6, 6.07) is 9.60. The van der Waals surface area contributed by atoms with Crippen LogP contribution >= 0.6 is 0 Å². The van der Waals surface area contributed by atoms with Gasteiger partial charge in [0.1, 0.15) is 23.0 Å². The molecule has 0 bridgehead atoms. The van der Waals surface area contributed by atoms with E-state index in [-0.39, 0.29) is 41.2 Å². The standard InChI is InChI=1S/C19H20FN9O2/c1-31-19(30)26-14-15(22)27-17(28-18(14)29-23)13(21)11-6-4-8-24-16(11)25-9-10-5-2-3-7-12(10)20/h2-8,21H,9,23H2,1H3,(H,24,25)(H,26,30)(H3,22,27,28,29). The number of rotatable bonds is 7.